The van der Waals surface area contributed by atoms with Gasteiger partial charge in [-0.05, 0) is 41.5 Å². The number of pyridine rings is 1. The minimum absolute atomic E-state index is 0.617. The first-order valence-corrected chi connectivity index (χ1v) is 18.6. The van der Waals surface area contributed by atoms with Gasteiger partial charge in [0.05, 0.1) is 16.4 Å². The Morgan fingerprint density at radius 2 is 0.893 bits per heavy atom. The van der Waals surface area contributed by atoms with Gasteiger partial charge in [0, 0.05) is 44.1 Å². The zero-order valence-corrected chi connectivity index (χ0v) is 30.0. The second-order valence-electron chi connectivity index (χ2n) is 13.9. The van der Waals surface area contributed by atoms with Crippen molar-refractivity contribution in [3.05, 3.63) is 188 Å². The van der Waals surface area contributed by atoms with Crippen LogP contribution in [0.25, 0.3) is 106 Å². The maximum absolute atomic E-state index is 7.01. The van der Waals surface area contributed by atoms with Gasteiger partial charge in [-0.15, -0.1) is 0 Å². The third-order valence-electron chi connectivity index (χ3n) is 10.4. The quantitative estimate of drug-likeness (QED) is 0.171. The van der Waals surface area contributed by atoms with Gasteiger partial charge in [-0.1, -0.05) is 158 Å². The molecule has 11 aromatic rings. The van der Waals surface area contributed by atoms with Gasteiger partial charge in [0.25, 0.3) is 0 Å². The minimum atomic E-state index is 0.617. The number of para-hydroxylation sites is 2. The van der Waals surface area contributed by atoms with E-state index in [4.69, 9.17) is 24.4 Å². The smallest absolute Gasteiger partial charge is 0.213 e. The number of hydrogen-bond donors (Lipinski definition) is 0. The van der Waals surface area contributed by atoms with Crippen LogP contribution in [-0.2, 0) is 0 Å². The monoisotopic (exact) mass is 717 g/mol. The van der Waals surface area contributed by atoms with Gasteiger partial charge in [0.1, 0.15) is 5.69 Å². The van der Waals surface area contributed by atoms with E-state index in [1.807, 2.05) is 84.9 Å². The third-order valence-corrected chi connectivity index (χ3v) is 10.4. The van der Waals surface area contributed by atoms with Crippen LogP contribution in [0.15, 0.2) is 192 Å². The van der Waals surface area contributed by atoms with E-state index in [1.54, 1.807) is 0 Å². The molecule has 0 spiro atoms. The molecule has 0 radical (unpaired) electrons. The number of fused-ring (bicyclic) bond motifs is 7. The Morgan fingerprint density at radius 1 is 0.375 bits per heavy atom. The summed E-state index contributed by atoms with van der Waals surface area (Å²) in [4.78, 5) is 20.0. The molecule has 6 heteroatoms. The van der Waals surface area contributed by atoms with E-state index in [9.17, 15) is 0 Å². The molecule has 262 valence electrons. The lowest BCUT2D eigenvalue weighted by molar-refractivity contribution is 0.645. The van der Waals surface area contributed by atoms with Crippen LogP contribution < -0.4 is 0 Å². The molecule has 7 aromatic carbocycles. The van der Waals surface area contributed by atoms with E-state index < -0.39 is 0 Å². The van der Waals surface area contributed by atoms with Crippen molar-refractivity contribution in [1.82, 2.24) is 24.5 Å². The van der Waals surface area contributed by atoms with Gasteiger partial charge in [-0.2, -0.15) is 0 Å². The average molecular weight is 718 g/mol. The van der Waals surface area contributed by atoms with Crippen LogP contribution in [0, 0.1) is 0 Å². The number of benzene rings is 7. The molecule has 6 nitrogen and oxygen atoms in total. The zero-order chi connectivity index (χ0) is 37.0. The van der Waals surface area contributed by atoms with Gasteiger partial charge in [0.2, 0.25) is 5.71 Å². The molecule has 0 aliphatic carbocycles. The molecule has 11 rings (SSSR count). The summed E-state index contributed by atoms with van der Waals surface area (Å²) in [6.07, 6.45) is 0. The maximum Gasteiger partial charge on any atom is 0.213 e. The van der Waals surface area contributed by atoms with E-state index >= 15 is 0 Å². The molecular formula is C50H31N5O. The molecule has 0 saturated carbocycles. The highest BCUT2D eigenvalue weighted by molar-refractivity contribution is 6.28. The summed E-state index contributed by atoms with van der Waals surface area (Å²) < 4.78 is 9.25. The molecular weight excluding hydrogens is 687 g/mol. The van der Waals surface area contributed by atoms with Crippen molar-refractivity contribution >= 4 is 43.9 Å². The summed E-state index contributed by atoms with van der Waals surface area (Å²) >= 11 is 0. The Labute approximate surface area is 322 Å². The lowest BCUT2D eigenvalue weighted by Gasteiger charge is -2.11. The first-order chi connectivity index (χ1) is 27.8. The highest BCUT2D eigenvalue weighted by Gasteiger charge is 2.24. The molecule has 0 saturated heterocycles. The molecule has 4 aromatic heterocycles. The fourth-order valence-electron chi connectivity index (χ4n) is 7.84. The average Bonchev–Trinajstić information content (AvgIpc) is 3.82. The first kappa shape index (κ1) is 31.8. The zero-order valence-electron chi connectivity index (χ0n) is 30.0. The van der Waals surface area contributed by atoms with E-state index in [2.05, 4.69) is 108 Å². The van der Waals surface area contributed by atoms with Crippen molar-refractivity contribution in [1.29, 1.82) is 0 Å². The molecule has 0 amide bonds. The Morgan fingerprint density at radius 3 is 1.59 bits per heavy atom. The van der Waals surface area contributed by atoms with Crippen molar-refractivity contribution in [3.8, 4) is 62.2 Å². The molecule has 0 N–H and O–H groups in total. The standard InChI is InChI=1S/C50H31N5O/c1-4-16-32(17-5-1)45-46-43(39-26-10-12-28-41(39)51-45)44-40-27-11-13-29-42(40)55(50(44)56-46)38-25-15-23-36(31-38)35-22-14-24-37(30-35)49-53-47(33-18-6-2-7-19-33)52-48(54-49)34-20-8-3-9-21-34/h1-31H. The molecule has 0 fully saturated rings. The van der Waals surface area contributed by atoms with Crippen LogP contribution in [0.1, 0.15) is 0 Å². The number of rotatable bonds is 6. The van der Waals surface area contributed by atoms with Crippen LogP contribution in [0.4, 0.5) is 0 Å². The third kappa shape index (κ3) is 5.27. The Bertz CT molecular complexity index is 3190. The van der Waals surface area contributed by atoms with Gasteiger partial charge in [-0.3, -0.25) is 4.57 Å². The predicted octanol–water partition coefficient (Wildman–Crippen LogP) is 12.6. The van der Waals surface area contributed by atoms with E-state index in [-0.39, 0.29) is 0 Å². The van der Waals surface area contributed by atoms with Crippen LogP contribution >= 0.6 is 0 Å². The summed E-state index contributed by atoms with van der Waals surface area (Å²) in [6, 6.07) is 64.4. The molecule has 0 aliphatic rings. The fraction of sp³-hybridized carbons (Fsp3) is 0. The summed E-state index contributed by atoms with van der Waals surface area (Å²) in [5.74, 6) is 1.88. The van der Waals surface area contributed by atoms with Gasteiger partial charge in [0.15, 0.2) is 23.1 Å². The van der Waals surface area contributed by atoms with Crippen molar-refractivity contribution < 1.29 is 4.42 Å². The van der Waals surface area contributed by atoms with Crippen molar-refractivity contribution in [3.63, 3.8) is 0 Å². The van der Waals surface area contributed by atoms with Gasteiger partial charge in [-0.25, -0.2) is 19.9 Å². The minimum Gasteiger partial charge on any atom is -0.437 e. The number of furan rings is 1. The molecule has 4 heterocycles. The fourth-order valence-corrected chi connectivity index (χ4v) is 7.84. The SMILES string of the molecule is c1ccc(-c2nc(-c3ccccc3)nc(-c3cccc(-c4cccc(-n5c6ccccc6c6c7c(oc65)c(-c5ccccc5)nc5ccccc57)c4)c3)n2)cc1. The van der Waals surface area contributed by atoms with Crippen molar-refractivity contribution in [2.45, 2.75) is 0 Å². The number of nitrogens with zero attached hydrogens (tertiary/aromatic N) is 5. The van der Waals surface area contributed by atoms with E-state index in [0.29, 0.717) is 17.5 Å². The van der Waals surface area contributed by atoms with Crippen LogP contribution in [-0.4, -0.2) is 24.5 Å². The van der Waals surface area contributed by atoms with Gasteiger partial charge >= 0.3 is 0 Å². The Hall–Kier alpha value is -7.70. The second kappa shape index (κ2) is 13.0. The Kier molecular flexibility index (Phi) is 7.38. The number of hydrogen-bond acceptors (Lipinski definition) is 5. The predicted molar refractivity (Wildman–Crippen MR) is 226 cm³/mol. The van der Waals surface area contributed by atoms with Crippen LogP contribution in [0.2, 0.25) is 0 Å². The Balaban J connectivity index is 1.08. The molecule has 0 aliphatic heterocycles. The van der Waals surface area contributed by atoms with Crippen molar-refractivity contribution in [2.24, 2.45) is 0 Å². The summed E-state index contributed by atoms with van der Waals surface area (Å²) in [7, 11) is 0. The lowest BCUT2D eigenvalue weighted by Crippen LogP contribution is -2.00. The van der Waals surface area contributed by atoms with Gasteiger partial charge < -0.3 is 4.42 Å². The van der Waals surface area contributed by atoms with E-state index in [1.165, 1.54) is 0 Å². The highest BCUT2D eigenvalue weighted by atomic mass is 16.3. The molecule has 0 atom stereocenters. The largest absolute Gasteiger partial charge is 0.437 e. The molecule has 0 unspecified atom stereocenters. The van der Waals surface area contributed by atoms with Crippen LogP contribution in [0.3, 0.4) is 0 Å². The van der Waals surface area contributed by atoms with Crippen molar-refractivity contribution in [2.75, 3.05) is 0 Å². The summed E-state index contributed by atoms with van der Waals surface area (Å²) in [6.45, 7) is 0. The normalized spacial score (nSPS) is 11.6. The summed E-state index contributed by atoms with van der Waals surface area (Å²) in [5, 5.41) is 4.35. The molecule has 56 heavy (non-hydrogen) atoms. The van der Waals surface area contributed by atoms with Crippen LogP contribution in [0.5, 0.6) is 0 Å². The topological polar surface area (TPSA) is 69.6 Å². The number of aromatic nitrogens is 5. The van der Waals surface area contributed by atoms with E-state index in [0.717, 1.165) is 88.6 Å². The second-order valence-corrected chi connectivity index (χ2v) is 13.9. The summed E-state index contributed by atoms with van der Waals surface area (Å²) in [5.41, 5.74) is 11.3. The highest BCUT2D eigenvalue weighted by Crippen LogP contribution is 2.44. The first-order valence-electron chi connectivity index (χ1n) is 18.6. The lowest BCUT2D eigenvalue weighted by atomic mass is 10.0. The maximum atomic E-state index is 7.01. The molecule has 0 bridgehead atoms.